The Morgan fingerprint density at radius 2 is 1.87 bits per heavy atom. The lowest BCUT2D eigenvalue weighted by Crippen LogP contribution is -2.26. The number of carbonyl (C=O) groups is 2. The predicted octanol–water partition coefficient (Wildman–Crippen LogP) is 2.48. The highest BCUT2D eigenvalue weighted by atomic mass is 35.5. The molecule has 2 amide bonds. The molecule has 0 bridgehead atoms. The summed E-state index contributed by atoms with van der Waals surface area (Å²) in [5.41, 5.74) is 6.49. The van der Waals surface area contributed by atoms with Crippen LogP contribution in [0.5, 0.6) is 5.75 Å². The second kappa shape index (κ2) is 7.65. The minimum atomic E-state index is -0.550. The van der Waals surface area contributed by atoms with E-state index in [1.165, 1.54) is 0 Å². The Bertz CT molecular complexity index is 701. The Balaban J connectivity index is 2.00. The van der Waals surface area contributed by atoms with Gasteiger partial charge in [0.1, 0.15) is 5.75 Å². The van der Waals surface area contributed by atoms with Crippen LogP contribution in [-0.2, 0) is 11.3 Å². The molecule has 2 rings (SSSR count). The number of hydrogen-bond donors (Lipinski definition) is 1. The SMILES string of the molecule is CN(Cc1cccc(Cl)c1)C(=O)c1ccc(OCC(N)=O)cc1. The zero-order valence-electron chi connectivity index (χ0n) is 12.7. The molecule has 0 aliphatic heterocycles. The Morgan fingerprint density at radius 3 is 2.48 bits per heavy atom. The minimum Gasteiger partial charge on any atom is -0.484 e. The van der Waals surface area contributed by atoms with Gasteiger partial charge in [0.2, 0.25) is 0 Å². The van der Waals surface area contributed by atoms with Gasteiger partial charge in [0.15, 0.2) is 6.61 Å². The molecule has 0 fully saturated rings. The summed E-state index contributed by atoms with van der Waals surface area (Å²) in [6.45, 7) is 0.265. The van der Waals surface area contributed by atoms with E-state index in [1.54, 1.807) is 42.3 Å². The fraction of sp³-hybridized carbons (Fsp3) is 0.176. The normalized spacial score (nSPS) is 10.2. The van der Waals surface area contributed by atoms with Crippen LogP contribution in [0.2, 0.25) is 5.02 Å². The average molecular weight is 333 g/mol. The minimum absolute atomic E-state index is 0.119. The van der Waals surface area contributed by atoms with Crippen molar-refractivity contribution in [2.45, 2.75) is 6.54 Å². The predicted molar refractivity (Wildman–Crippen MR) is 88.4 cm³/mol. The molecule has 0 aliphatic carbocycles. The van der Waals surface area contributed by atoms with Crippen molar-refractivity contribution >= 4 is 23.4 Å². The molecule has 0 atom stereocenters. The molecule has 0 heterocycles. The Morgan fingerprint density at radius 1 is 1.17 bits per heavy atom. The summed E-state index contributed by atoms with van der Waals surface area (Å²) in [5.74, 6) is -0.185. The van der Waals surface area contributed by atoms with E-state index in [9.17, 15) is 9.59 Å². The number of amides is 2. The summed E-state index contributed by atoms with van der Waals surface area (Å²) < 4.78 is 5.16. The summed E-state index contributed by atoms with van der Waals surface area (Å²) >= 11 is 5.94. The molecule has 5 nitrogen and oxygen atoms in total. The molecule has 23 heavy (non-hydrogen) atoms. The van der Waals surface area contributed by atoms with Crippen LogP contribution in [0.1, 0.15) is 15.9 Å². The zero-order valence-corrected chi connectivity index (χ0v) is 13.4. The van der Waals surface area contributed by atoms with Crippen molar-refractivity contribution in [2.24, 2.45) is 5.73 Å². The van der Waals surface area contributed by atoms with E-state index in [0.717, 1.165) is 5.56 Å². The summed E-state index contributed by atoms with van der Waals surface area (Å²) in [6.07, 6.45) is 0. The van der Waals surface area contributed by atoms with Crippen LogP contribution in [0.4, 0.5) is 0 Å². The van der Waals surface area contributed by atoms with E-state index in [0.29, 0.717) is 22.9 Å². The maximum atomic E-state index is 12.4. The van der Waals surface area contributed by atoms with E-state index in [-0.39, 0.29) is 12.5 Å². The van der Waals surface area contributed by atoms with Gasteiger partial charge in [-0.25, -0.2) is 0 Å². The van der Waals surface area contributed by atoms with Gasteiger partial charge in [0.25, 0.3) is 11.8 Å². The van der Waals surface area contributed by atoms with Crippen molar-refractivity contribution < 1.29 is 14.3 Å². The van der Waals surface area contributed by atoms with Crippen LogP contribution >= 0.6 is 11.6 Å². The first-order chi connectivity index (χ1) is 11.0. The summed E-state index contributed by atoms with van der Waals surface area (Å²) in [6, 6.07) is 13.9. The molecule has 0 saturated heterocycles. The van der Waals surface area contributed by atoms with Crippen LogP contribution in [0.25, 0.3) is 0 Å². The molecule has 2 N–H and O–H groups in total. The molecule has 0 unspecified atom stereocenters. The molecule has 2 aromatic rings. The van der Waals surface area contributed by atoms with Crippen molar-refractivity contribution in [1.29, 1.82) is 0 Å². The van der Waals surface area contributed by atoms with Crippen molar-refractivity contribution in [3.05, 3.63) is 64.7 Å². The van der Waals surface area contributed by atoms with Crippen LogP contribution in [0.3, 0.4) is 0 Å². The van der Waals surface area contributed by atoms with E-state index in [2.05, 4.69) is 0 Å². The van der Waals surface area contributed by atoms with Gasteiger partial charge in [0, 0.05) is 24.2 Å². The molecule has 6 heteroatoms. The number of carbonyl (C=O) groups excluding carboxylic acids is 2. The topological polar surface area (TPSA) is 72.6 Å². The fourth-order valence-corrected chi connectivity index (χ4v) is 2.26. The first-order valence-electron chi connectivity index (χ1n) is 6.97. The highest BCUT2D eigenvalue weighted by Crippen LogP contribution is 2.16. The van der Waals surface area contributed by atoms with Gasteiger partial charge < -0.3 is 15.4 Å². The number of nitrogens with two attached hydrogens (primary N) is 1. The summed E-state index contributed by atoms with van der Waals surface area (Å²) in [5, 5.41) is 0.638. The molecule has 0 spiro atoms. The van der Waals surface area contributed by atoms with Crippen LogP contribution < -0.4 is 10.5 Å². The molecule has 2 aromatic carbocycles. The van der Waals surface area contributed by atoms with Gasteiger partial charge in [-0.05, 0) is 42.0 Å². The van der Waals surface area contributed by atoms with E-state index in [1.807, 2.05) is 18.2 Å². The fourth-order valence-electron chi connectivity index (χ4n) is 2.05. The highest BCUT2D eigenvalue weighted by Gasteiger charge is 2.12. The third kappa shape index (κ3) is 5.00. The number of ether oxygens (including phenoxy) is 1. The smallest absolute Gasteiger partial charge is 0.255 e. The maximum absolute atomic E-state index is 12.4. The number of benzene rings is 2. The van der Waals surface area contributed by atoms with Crippen molar-refractivity contribution in [2.75, 3.05) is 13.7 Å². The Kier molecular flexibility index (Phi) is 5.60. The number of hydrogen-bond acceptors (Lipinski definition) is 3. The summed E-state index contributed by atoms with van der Waals surface area (Å²) in [7, 11) is 1.72. The second-order valence-electron chi connectivity index (χ2n) is 5.07. The lowest BCUT2D eigenvalue weighted by molar-refractivity contribution is -0.119. The Hall–Kier alpha value is -2.53. The van der Waals surface area contributed by atoms with Gasteiger partial charge in [-0.1, -0.05) is 23.7 Å². The molecule has 0 aliphatic rings. The van der Waals surface area contributed by atoms with Crippen LogP contribution in [0.15, 0.2) is 48.5 Å². The number of nitrogens with zero attached hydrogens (tertiary/aromatic N) is 1. The number of rotatable bonds is 6. The third-order valence-electron chi connectivity index (χ3n) is 3.14. The first kappa shape index (κ1) is 16.8. The van der Waals surface area contributed by atoms with Gasteiger partial charge >= 0.3 is 0 Å². The van der Waals surface area contributed by atoms with E-state index in [4.69, 9.17) is 22.1 Å². The van der Waals surface area contributed by atoms with Crippen molar-refractivity contribution in [3.63, 3.8) is 0 Å². The zero-order chi connectivity index (χ0) is 16.8. The highest BCUT2D eigenvalue weighted by molar-refractivity contribution is 6.30. The van der Waals surface area contributed by atoms with Crippen molar-refractivity contribution in [1.82, 2.24) is 4.90 Å². The first-order valence-corrected chi connectivity index (χ1v) is 7.34. The Labute approximate surface area is 139 Å². The lowest BCUT2D eigenvalue weighted by Gasteiger charge is -2.17. The van der Waals surface area contributed by atoms with E-state index >= 15 is 0 Å². The molecule has 0 aromatic heterocycles. The number of primary amides is 1. The van der Waals surface area contributed by atoms with Gasteiger partial charge in [-0.3, -0.25) is 9.59 Å². The number of halogens is 1. The van der Waals surface area contributed by atoms with Gasteiger partial charge in [0.05, 0.1) is 0 Å². The molecular weight excluding hydrogens is 316 g/mol. The third-order valence-corrected chi connectivity index (χ3v) is 3.37. The maximum Gasteiger partial charge on any atom is 0.255 e. The molecular formula is C17H17ClN2O3. The van der Waals surface area contributed by atoms with Gasteiger partial charge in [-0.15, -0.1) is 0 Å². The summed E-state index contributed by atoms with van der Waals surface area (Å²) in [4.78, 5) is 24.7. The lowest BCUT2D eigenvalue weighted by atomic mass is 10.1. The van der Waals surface area contributed by atoms with Crippen LogP contribution in [0, 0.1) is 0 Å². The molecule has 0 saturated carbocycles. The quantitative estimate of drug-likeness (QED) is 0.883. The molecule has 120 valence electrons. The van der Waals surface area contributed by atoms with Crippen LogP contribution in [-0.4, -0.2) is 30.4 Å². The average Bonchev–Trinajstić information content (AvgIpc) is 2.52. The van der Waals surface area contributed by atoms with Gasteiger partial charge in [-0.2, -0.15) is 0 Å². The largest absolute Gasteiger partial charge is 0.484 e. The van der Waals surface area contributed by atoms with Crippen molar-refractivity contribution in [3.8, 4) is 5.75 Å². The standard InChI is InChI=1S/C17H17ClN2O3/c1-20(10-12-3-2-4-14(18)9-12)17(22)13-5-7-15(8-6-13)23-11-16(19)21/h2-9H,10-11H2,1H3,(H2,19,21). The monoisotopic (exact) mass is 332 g/mol. The second-order valence-corrected chi connectivity index (χ2v) is 5.51. The molecule has 0 radical (unpaired) electrons. The van der Waals surface area contributed by atoms with E-state index < -0.39 is 5.91 Å².